The van der Waals surface area contributed by atoms with Crippen molar-refractivity contribution in [1.29, 1.82) is 0 Å². The van der Waals surface area contributed by atoms with Gasteiger partial charge in [0.1, 0.15) is 0 Å². The first-order chi connectivity index (χ1) is 11.3. The van der Waals surface area contributed by atoms with Gasteiger partial charge in [0.15, 0.2) is 5.96 Å². The minimum absolute atomic E-state index is 0. The molecule has 0 fully saturated rings. The smallest absolute Gasteiger partial charge is 0.211 e. The Balaban J connectivity index is 0. The zero-order valence-corrected chi connectivity index (χ0v) is 19.2. The Morgan fingerprint density at radius 3 is 2.12 bits per heavy atom. The molecule has 0 aromatic rings. The van der Waals surface area contributed by atoms with Crippen LogP contribution in [0, 0.1) is 0 Å². The molecule has 0 saturated carbocycles. The number of aliphatic imine (C=N–C) groups is 1. The molecule has 4 N–H and O–H groups in total. The summed E-state index contributed by atoms with van der Waals surface area (Å²) in [6.07, 6.45) is 3.99. The van der Waals surface area contributed by atoms with E-state index in [2.05, 4.69) is 34.2 Å². The van der Waals surface area contributed by atoms with Crippen LogP contribution >= 0.6 is 24.0 Å². The van der Waals surface area contributed by atoms with Crippen molar-refractivity contribution in [1.82, 2.24) is 15.4 Å². The Labute approximate surface area is 170 Å². The third-order valence-electron chi connectivity index (χ3n) is 3.65. The number of hydrogen-bond donors (Lipinski definition) is 4. The van der Waals surface area contributed by atoms with Crippen LogP contribution in [-0.4, -0.2) is 57.0 Å². The summed E-state index contributed by atoms with van der Waals surface area (Å²) < 4.78 is 25.2. The molecule has 0 saturated heterocycles. The Morgan fingerprint density at radius 1 is 1.04 bits per heavy atom. The molecule has 0 atom stereocenters. The molecule has 0 rings (SSSR count). The van der Waals surface area contributed by atoms with Crippen LogP contribution in [0.3, 0.4) is 0 Å². The van der Waals surface area contributed by atoms with E-state index in [1.165, 1.54) is 0 Å². The highest BCUT2D eigenvalue weighted by Gasteiger charge is 2.24. The number of guanidine groups is 1. The Kier molecular flexibility index (Phi) is 16.2. The minimum atomic E-state index is -3.13. The molecule has 0 spiro atoms. The van der Waals surface area contributed by atoms with Gasteiger partial charge in [-0.2, -0.15) is 0 Å². The molecule has 9 heteroatoms. The van der Waals surface area contributed by atoms with E-state index < -0.39 is 15.6 Å². The second-order valence-corrected chi connectivity index (χ2v) is 8.09. The van der Waals surface area contributed by atoms with Crippen LogP contribution < -0.4 is 15.4 Å². The number of sulfonamides is 1. The van der Waals surface area contributed by atoms with E-state index in [1.54, 1.807) is 6.92 Å². The number of rotatable bonds is 13. The van der Waals surface area contributed by atoms with Gasteiger partial charge in [-0.05, 0) is 33.1 Å². The summed E-state index contributed by atoms with van der Waals surface area (Å²) in [4.78, 5) is 4.49. The van der Waals surface area contributed by atoms with Gasteiger partial charge in [-0.3, -0.25) is 4.99 Å². The molecule has 0 aromatic carbocycles. The fourth-order valence-electron chi connectivity index (χ4n) is 2.41. The van der Waals surface area contributed by atoms with Crippen molar-refractivity contribution >= 4 is 40.0 Å². The second kappa shape index (κ2) is 15.0. The molecule has 0 aliphatic carbocycles. The first kappa shape index (κ1) is 27.1. The van der Waals surface area contributed by atoms with E-state index in [0.29, 0.717) is 32.0 Å². The molecule has 0 heterocycles. The molecule has 152 valence electrons. The first-order valence-corrected chi connectivity index (χ1v) is 10.7. The highest BCUT2D eigenvalue weighted by Crippen LogP contribution is 2.19. The summed E-state index contributed by atoms with van der Waals surface area (Å²) >= 11 is 0. The summed E-state index contributed by atoms with van der Waals surface area (Å²) in [5.41, 5.74) is -0.747. The molecule has 25 heavy (non-hydrogen) atoms. The van der Waals surface area contributed by atoms with Crippen LogP contribution in [0.2, 0.25) is 0 Å². The van der Waals surface area contributed by atoms with Crippen LogP contribution in [0.4, 0.5) is 0 Å². The average Bonchev–Trinajstić information content (AvgIpc) is 2.52. The van der Waals surface area contributed by atoms with Crippen molar-refractivity contribution in [2.24, 2.45) is 4.99 Å². The monoisotopic (exact) mass is 492 g/mol. The largest absolute Gasteiger partial charge is 0.388 e. The van der Waals surface area contributed by atoms with Crippen molar-refractivity contribution in [2.45, 2.75) is 65.4 Å². The maximum Gasteiger partial charge on any atom is 0.211 e. The topological polar surface area (TPSA) is 103 Å². The molecule has 7 nitrogen and oxygen atoms in total. The SMILES string of the molecule is CCCC(O)(CCC)CN=C(NCC)NCCCNS(=O)(=O)CC.I. The van der Waals surface area contributed by atoms with E-state index in [9.17, 15) is 13.5 Å². The zero-order chi connectivity index (χ0) is 18.5. The molecular formula is C16H37IN4O3S. The minimum Gasteiger partial charge on any atom is -0.388 e. The van der Waals surface area contributed by atoms with Gasteiger partial charge in [0.25, 0.3) is 0 Å². The third-order valence-corrected chi connectivity index (χ3v) is 5.06. The molecular weight excluding hydrogens is 455 g/mol. The maximum absolute atomic E-state index is 11.3. The number of nitrogens with one attached hydrogen (secondary N) is 3. The lowest BCUT2D eigenvalue weighted by Gasteiger charge is -2.26. The van der Waals surface area contributed by atoms with E-state index in [1.807, 2.05) is 6.92 Å². The predicted molar refractivity (Wildman–Crippen MR) is 116 cm³/mol. The Hall–Kier alpha value is -0.130. The molecule has 0 bridgehead atoms. The van der Waals surface area contributed by atoms with Gasteiger partial charge >= 0.3 is 0 Å². The summed E-state index contributed by atoms with van der Waals surface area (Å²) in [5.74, 6) is 0.749. The van der Waals surface area contributed by atoms with Crippen molar-refractivity contribution in [3.8, 4) is 0 Å². The lowest BCUT2D eigenvalue weighted by molar-refractivity contribution is 0.0306. The summed E-state index contributed by atoms with van der Waals surface area (Å²) in [6, 6.07) is 0. The first-order valence-electron chi connectivity index (χ1n) is 9.04. The molecule has 0 aliphatic heterocycles. The second-order valence-electron chi connectivity index (χ2n) is 6.00. The molecule has 0 radical (unpaired) electrons. The van der Waals surface area contributed by atoms with E-state index in [4.69, 9.17) is 0 Å². The lowest BCUT2D eigenvalue weighted by Crippen LogP contribution is -2.41. The number of halogens is 1. The standard InChI is InChI=1S/C16H36N4O3S.HI/c1-5-10-16(21,11-6-2)14-19-15(17-7-3)18-12-9-13-20-24(22,23)8-4;/h20-21H,5-14H2,1-4H3,(H2,17,18,19);1H. The van der Waals surface area contributed by atoms with Gasteiger partial charge in [0.05, 0.1) is 17.9 Å². The Morgan fingerprint density at radius 2 is 1.64 bits per heavy atom. The number of nitrogens with zero attached hydrogens (tertiary/aromatic N) is 1. The van der Waals surface area contributed by atoms with Crippen molar-refractivity contribution in [2.75, 3.05) is 31.9 Å². The predicted octanol–water partition coefficient (Wildman–Crippen LogP) is 1.82. The summed E-state index contributed by atoms with van der Waals surface area (Å²) in [7, 11) is -3.13. The normalized spacial score (nSPS) is 12.6. The van der Waals surface area contributed by atoms with Gasteiger partial charge in [-0.15, -0.1) is 24.0 Å². The van der Waals surface area contributed by atoms with Gasteiger partial charge in [-0.25, -0.2) is 13.1 Å². The molecule has 0 amide bonds. The van der Waals surface area contributed by atoms with Crippen LogP contribution in [0.5, 0.6) is 0 Å². The molecule has 0 unspecified atom stereocenters. The Bertz CT molecular complexity index is 452. The number of hydrogen-bond acceptors (Lipinski definition) is 4. The van der Waals surface area contributed by atoms with Crippen LogP contribution in [0.25, 0.3) is 0 Å². The molecule has 0 aliphatic rings. The lowest BCUT2D eigenvalue weighted by atomic mass is 9.93. The van der Waals surface area contributed by atoms with Crippen molar-refractivity contribution in [3.63, 3.8) is 0 Å². The van der Waals surface area contributed by atoms with Crippen LogP contribution in [0.1, 0.15) is 59.8 Å². The third kappa shape index (κ3) is 13.7. The van der Waals surface area contributed by atoms with E-state index in [0.717, 1.165) is 32.2 Å². The average molecular weight is 492 g/mol. The van der Waals surface area contributed by atoms with Gasteiger partial charge in [0, 0.05) is 19.6 Å². The van der Waals surface area contributed by atoms with Gasteiger partial charge in [-0.1, -0.05) is 26.7 Å². The van der Waals surface area contributed by atoms with Crippen LogP contribution in [0.15, 0.2) is 4.99 Å². The van der Waals surface area contributed by atoms with Gasteiger partial charge in [0.2, 0.25) is 10.0 Å². The quantitative estimate of drug-likeness (QED) is 0.136. The van der Waals surface area contributed by atoms with E-state index in [-0.39, 0.29) is 29.7 Å². The highest BCUT2D eigenvalue weighted by atomic mass is 127. The fourth-order valence-corrected chi connectivity index (χ4v) is 3.07. The maximum atomic E-state index is 11.3. The summed E-state index contributed by atoms with van der Waals surface area (Å²) in [6.45, 7) is 9.83. The fraction of sp³-hybridized carbons (Fsp3) is 0.938. The summed E-state index contributed by atoms with van der Waals surface area (Å²) in [5, 5.41) is 16.9. The van der Waals surface area contributed by atoms with Gasteiger partial charge < -0.3 is 15.7 Å². The molecule has 0 aromatic heterocycles. The van der Waals surface area contributed by atoms with Crippen LogP contribution in [-0.2, 0) is 10.0 Å². The van der Waals surface area contributed by atoms with Crippen molar-refractivity contribution < 1.29 is 13.5 Å². The highest BCUT2D eigenvalue weighted by molar-refractivity contribution is 14.0. The zero-order valence-electron chi connectivity index (χ0n) is 16.1. The number of aliphatic hydroxyl groups is 1. The van der Waals surface area contributed by atoms with Crippen molar-refractivity contribution in [3.05, 3.63) is 0 Å². The van der Waals surface area contributed by atoms with E-state index >= 15 is 0 Å².